The molecule has 0 spiro atoms. The SMILES string of the molecule is Cc1ccc(C)c(CC(=O)N2CCCC(CN)C2)c1.Cl. The number of nitrogens with two attached hydrogens (primary N) is 1. The van der Waals surface area contributed by atoms with E-state index in [9.17, 15) is 4.79 Å². The Kier molecular flexibility index (Phi) is 6.50. The molecule has 0 aliphatic carbocycles. The van der Waals surface area contributed by atoms with Crippen LogP contribution in [0.2, 0.25) is 0 Å². The number of nitrogens with zero attached hydrogens (tertiary/aromatic N) is 1. The number of hydrogen-bond acceptors (Lipinski definition) is 2. The lowest BCUT2D eigenvalue weighted by Crippen LogP contribution is -2.42. The molecule has 0 saturated carbocycles. The molecule has 1 atom stereocenters. The minimum Gasteiger partial charge on any atom is -0.342 e. The van der Waals surface area contributed by atoms with Gasteiger partial charge in [0.25, 0.3) is 0 Å². The molecule has 1 unspecified atom stereocenters. The molecule has 1 saturated heterocycles. The van der Waals surface area contributed by atoms with E-state index in [-0.39, 0.29) is 18.3 Å². The zero-order chi connectivity index (χ0) is 13.8. The van der Waals surface area contributed by atoms with Gasteiger partial charge >= 0.3 is 0 Å². The van der Waals surface area contributed by atoms with Crippen LogP contribution in [-0.4, -0.2) is 30.4 Å². The number of carbonyl (C=O) groups is 1. The summed E-state index contributed by atoms with van der Waals surface area (Å²) in [5, 5.41) is 0. The third-order valence-corrected chi connectivity index (χ3v) is 4.05. The molecule has 3 nitrogen and oxygen atoms in total. The highest BCUT2D eigenvalue weighted by Crippen LogP contribution is 2.18. The Morgan fingerprint density at radius 2 is 2.15 bits per heavy atom. The quantitative estimate of drug-likeness (QED) is 0.931. The average molecular weight is 297 g/mol. The maximum Gasteiger partial charge on any atom is 0.227 e. The Morgan fingerprint density at radius 3 is 2.85 bits per heavy atom. The monoisotopic (exact) mass is 296 g/mol. The Morgan fingerprint density at radius 1 is 1.40 bits per heavy atom. The van der Waals surface area contributed by atoms with Crippen LogP contribution >= 0.6 is 12.4 Å². The second-order valence-electron chi connectivity index (χ2n) is 5.69. The normalized spacial score (nSPS) is 18.6. The van der Waals surface area contributed by atoms with Gasteiger partial charge in [-0.2, -0.15) is 0 Å². The molecule has 2 N–H and O–H groups in total. The van der Waals surface area contributed by atoms with E-state index in [1.807, 2.05) is 4.90 Å². The molecule has 1 amide bonds. The number of rotatable bonds is 3. The van der Waals surface area contributed by atoms with E-state index in [0.717, 1.165) is 31.5 Å². The van der Waals surface area contributed by atoms with Crippen molar-refractivity contribution in [3.05, 3.63) is 34.9 Å². The minimum atomic E-state index is 0. The highest BCUT2D eigenvalue weighted by Gasteiger charge is 2.22. The summed E-state index contributed by atoms with van der Waals surface area (Å²) in [6, 6.07) is 6.31. The summed E-state index contributed by atoms with van der Waals surface area (Å²) in [7, 11) is 0. The lowest BCUT2D eigenvalue weighted by molar-refractivity contribution is -0.132. The summed E-state index contributed by atoms with van der Waals surface area (Å²) in [6.07, 6.45) is 2.76. The molecule has 112 valence electrons. The van der Waals surface area contributed by atoms with Gasteiger partial charge < -0.3 is 10.6 Å². The Labute approximate surface area is 127 Å². The Hall–Kier alpha value is -1.06. The molecule has 20 heavy (non-hydrogen) atoms. The first-order chi connectivity index (χ1) is 9.10. The standard InChI is InChI=1S/C16H24N2O.ClH/c1-12-5-6-13(2)15(8-12)9-16(19)18-7-3-4-14(10-17)11-18;/h5-6,8,14H,3-4,7,9-11,17H2,1-2H3;1H. The van der Waals surface area contributed by atoms with Gasteiger partial charge in [0.1, 0.15) is 0 Å². The number of likely N-dealkylation sites (tertiary alicyclic amines) is 1. The van der Waals surface area contributed by atoms with E-state index in [1.54, 1.807) is 0 Å². The highest BCUT2D eigenvalue weighted by molar-refractivity contribution is 5.85. The molecular formula is C16H25ClN2O. The van der Waals surface area contributed by atoms with Crippen molar-refractivity contribution in [1.29, 1.82) is 0 Å². The second-order valence-corrected chi connectivity index (χ2v) is 5.69. The van der Waals surface area contributed by atoms with Crippen LogP contribution in [0.25, 0.3) is 0 Å². The van der Waals surface area contributed by atoms with Crippen molar-refractivity contribution in [3.8, 4) is 0 Å². The number of halogens is 1. The molecule has 1 aromatic rings. The fourth-order valence-corrected chi connectivity index (χ4v) is 2.75. The Bertz CT molecular complexity index is 462. The van der Waals surface area contributed by atoms with Crippen LogP contribution in [0.5, 0.6) is 0 Å². The van der Waals surface area contributed by atoms with Gasteiger partial charge in [0, 0.05) is 13.1 Å². The zero-order valence-electron chi connectivity index (χ0n) is 12.4. The fraction of sp³-hybridized carbons (Fsp3) is 0.562. The number of benzene rings is 1. The predicted molar refractivity (Wildman–Crippen MR) is 85.2 cm³/mol. The van der Waals surface area contributed by atoms with Crippen molar-refractivity contribution in [1.82, 2.24) is 4.90 Å². The maximum atomic E-state index is 12.4. The first-order valence-electron chi connectivity index (χ1n) is 7.14. The van der Waals surface area contributed by atoms with Crippen LogP contribution in [-0.2, 0) is 11.2 Å². The van der Waals surface area contributed by atoms with Crippen LogP contribution in [0.1, 0.15) is 29.5 Å². The largest absolute Gasteiger partial charge is 0.342 e. The first-order valence-corrected chi connectivity index (χ1v) is 7.14. The first kappa shape index (κ1) is 17.0. The summed E-state index contributed by atoms with van der Waals surface area (Å²) in [5.74, 6) is 0.725. The number of amides is 1. The smallest absolute Gasteiger partial charge is 0.227 e. The number of hydrogen-bond donors (Lipinski definition) is 1. The second kappa shape index (κ2) is 7.65. The van der Waals surface area contributed by atoms with Crippen LogP contribution in [0.4, 0.5) is 0 Å². The summed E-state index contributed by atoms with van der Waals surface area (Å²) in [4.78, 5) is 14.4. The third-order valence-electron chi connectivity index (χ3n) is 4.05. The highest BCUT2D eigenvalue weighted by atomic mass is 35.5. The van der Waals surface area contributed by atoms with E-state index in [1.165, 1.54) is 11.1 Å². The number of piperidine rings is 1. The number of carbonyl (C=O) groups excluding carboxylic acids is 1. The van der Waals surface area contributed by atoms with E-state index >= 15 is 0 Å². The van der Waals surface area contributed by atoms with Gasteiger partial charge in [-0.3, -0.25) is 4.79 Å². The van der Waals surface area contributed by atoms with Crippen molar-refractivity contribution in [2.45, 2.75) is 33.1 Å². The van der Waals surface area contributed by atoms with E-state index in [0.29, 0.717) is 18.9 Å². The van der Waals surface area contributed by atoms with Gasteiger partial charge in [0.2, 0.25) is 5.91 Å². The molecule has 1 aliphatic rings. The summed E-state index contributed by atoms with van der Waals surface area (Å²) < 4.78 is 0. The lowest BCUT2D eigenvalue weighted by atomic mass is 9.97. The Balaban J connectivity index is 0.00000200. The average Bonchev–Trinajstić information content (AvgIpc) is 2.43. The molecule has 1 fully saturated rings. The molecule has 1 aromatic carbocycles. The van der Waals surface area contributed by atoms with E-state index in [4.69, 9.17) is 5.73 Å². The van der Waals surface area contributed by atoms with Gasteiger partial charge in [-0.15, -0.1) is 12.4 Å². The van der Waals surface area contributed by atoms with Crippen molar-refractivity contribution >= 4 is 18.3 Å². The molecule has 0 bridgehead atoms. The maximum absolute atomic E-state index is 12.4. The van der Waals surface area contributed by atoms with Crippen LogP contribution in [0.15, 0.2) is 18.2 Å². The van der Waals surface area contributed by atoms with Crippen molar-refractivity contribution < 1.29 is 4.79 Å². The molecule has 0 radical (unpaired) electrons. The molecule has 2 rings (SSSR count). The molecule has 1 heterocycles. The predicted octanol–water partition coefficient (Wildman–Crippen LogP) is 2.47. The van der Waals surface area contributed by atoms with Gasteiger partial charge in [-0.1, -0.05) is 23.8 Å². The summed E-state index contributed by atoms with van der Waals surface area (Å²) in [5.41, 5.74) is 9.29. The third kappa shape index (κ3) is 4.22. The van der Waals surface area contributed by atoms with Crippen molar-refractivity contribution in [2.75, 3.05) is 19.6 Å². The minimum absolute atomic E-state index is 0. The van der Waals surface area contributed by atoms with Gasteiger partial charge in [-0.05, 0) is 50.3 Å². The van der Waals surface area contributed by atoms with Crippen molar-refractivity contribution in [2.24, 2.45) is 11.7 Å². The van der Waals surface area contributed by atoms with Crippen LogP contribution in [0, 0.1) is 19.8 Å². The van der Waals surface area contributed by atoms with Gasteiger partial charge in [0.15, 0.2) is 0 Å². The van der Waals surface area contributed by atoms with Crippen LogP contribution < -0.4 is 5.73 Å². The van der Waals surface area contributed by atoms with E-state index < -0.39 is 0 Å². The summed E-state index contributed by atoms with van der Waals surface area (Å²) >= 11 is 0. The van der Waals surface area contributed by atoms with Crippen molar-refractivity contribution in [3.63, 3.8) is 0 Å². The fourth-order valence-electron chi connectivity index (χ4n) is 2.75. The van der Waals surface area contributed by atoms with Gasteiger partial charge in [0.05, 0.1) is 6.42 Å². The molecule has 4 heteroatoms. The zero-order valence-corrected chi connectivity index (χ0v) is 13.2. The lowest BCUT2D eigenvalue weighted by Gasteiger charge is -2.32. The van der Waals surface area contributed by atoms with Crippen LogP contribution in [0.3, 0.4) is 0 Å². The van der Waals surface area contributed by atoms with E-state index in [2.05, 4.69) is 32.0 Å². The number of aryl methyl sites for hydroxylation is 2. The molecule has 0 aromatic heterocycles. The molecular weight excluding hydrogens is 272 g/mol. The topological polar surface area (TPSA) is 46.3 Å². The molecule has 1 aliphatic heterocycles. The summed E-state index contributed by atoms with van der Waals surface area (Å²) in [6.45, 7) is 6.55. The van der Waals surface area contributed by atoms with Gasteiger partial charge in [-0.25, -0.2) is 0 Å².